The highest BCUT2D eigenvalue weighted by Crippen LogP contribution is 2.24. The number of rotatable bonds is 6. The predicted molar refractivity (Wildman–Crippen MR) is 82.2 cm³/mol. The van der Waals surface area contributed by atoms with Gasteiger partial charge in [0.25, 0.3) is 0 Å². The zero-order valence-electron chi connectivity index (χ0n) is 12.4. The highest BCUT2D eigenvalue weighted by molar-refractivity contribution is 5.14. The van der Waals surface area contributed by atoms with Crippen LogP contribution < -0.4 is 5.32 Å². The van der Waals surface area contributed by atoms with E-state index in [-0.39, 0.29) is 0 Å². The first-order valence-electron chi connectivity index (χ1n) is 7.86. The van der Waals surface area contributed by atoms with Gasteiger partial charge in [-0.2, -0.15) is 0 Å². The van der Waals surface area contributed by atoms with Crippen molar-refractivity contribution in [3.63, 3.8) is 0 Å². The van der Waals surface area contributed by atoms with E-state index in [0.29, 0.717) is 12.1 Å². The number of nitrogens with one attached hydrogen (secondary N) is 1. The van der Waals surface area contributed by atoms with Crippen molar-refractivity contribution in [2.24, 2.45) is 0 Å². The van der Waals surface area contributed by atoms with Crippen LogP contribution >= 0.6 is 0 Å². The van der Waals surface area contributed by atoms with E-state index in [4.69, 9.17) is 0 Å². The summed E-state index contributed by atoms with van der Waals surface area (Å²) < 4.78 is 0. The van der Waals surface area contributed by atoms with Crippen LogP contribution in [0.3, 0.4) is 0 Å². The minimum atomic E-state index is 0.683. The molecule has 2 atom stereocenters. The Morgan fingerprint density at radius 1 is 1.11 bits per heavy atom. The van der Waals surface area contributed by atoms with Gasteiger partial charge in [-0.1, -0.05) is 57.0 Å². The Hall–Kier alpha value is -0.860. The zero-order valence-corrected chi connectivity index (χ0v) is 12.4. The molecule has 1 N–H and O–H groups in total. The third kappa shape index (κ3) is 4.05. The summed E-state index contributed by atoms with van der Waals surface area (Å²) >= 11 is 0. The largest absolute Gasteiger partial charge is 0.313 e. The molecule has 2 rings (SSSR count). The summed E-state index contributed by atoms with van der Waals surface area (Å²) in [4.78, 5) is 2.65. The van der Waals surface area contributed by atoms with Gasteiger partial charge in [0.2, 0.25) is 0 Å². The highest BCUT2D eigenvalue weighted by atomic mass is 15.2. The topological polar surface area (TPSA) is 15.3 Å². The summed E-state index contributed by atoms with van der Waals surface area (Å²) in [6, 6.07) is 12.3. The molecule has 2 unspecified atom stereocenters. The Morgan fingerprint density at radius 2 is 1.84 bits per heavy atom. The molecule has 0 heterocycles. The maximum atomic E-state index is 3.69. The summed E-state index contributed by atoms with van der Waals surface area (Å²) in [5.41, 5.74) is 1.44. The average molecular weight is 260 g/mol. The molecule has 0 saturated heterocycles. The second-order valence-corrected chi connectivity index (χ2v) is 5.56. The molecule has 2 heteroatoms. The molecule has 1 aliphatic rings. The van der Waals surface area contributed by atoms with Crippen LogP contribution in [0.4, 0.5) is 0 Å². The molecule has 0 spiro atoms. The molecule has 0 bridgehead atoms. The van der Waals surface area contributed by atoms with E-state index in [1.807, 2.05) is 0 Å². The van der Waals surface area contributed by atoms with Crippen molar-refractivity contribution in [1.29, 1.82) is 0 Å². The van der Waals surface area contributed by atoms with Crippen LogP contribution in [0.2, 0.25) is 0 Å². The van der Waals surface area contributed by atoms with Gasteiger partial charge in [-0.05, 0) is 31.5 Å². The SMILES string of the molecule is CCNC1CCCCC1N(CC)Cc1ccccc1. The molecular weight excluding hydrogens is 232 g/mol. The molecule has 1 aromatic carbocycles. The number of likely N-dealkylation sites (N-methyl/N-ethyl adjacent to an activating group) is 2. The molecule has 106 valence electrons. The van der Waals surface area contributed by atoms with Gasteiger partial charge < -0.3 is 5.32 Å². The molecule has 2 nitrogen and oxygen atoms in total. The van der Waals surface area contributed by atoms with Crippen LogP contribution in [0.5, 0.6) is 0 Å². The summed E-state index contributed by atoms with van der Waals surface area (Å²) in [5.74, 6) is 0. The zero-order chi connectivity index (χ0) is 13.5. The number of benzene rings is 1. The monoisotopic (exact) mass is 260 g/mol. The first kappa shape index (κ1) is 14.5. The van der Waals surface area contributed by atoms with E-state index in [9.17, 15) is 0 Å². The van der Waals surface area contributed by atoms with Crippen LogP contribution in [-0.4, -0.2) is 30.1 Å². The van der Waals surface area contributed by atoms with Crippen molar-refractivity contribution in [1.82, 2.24) is 10.2 Å². The van der Waals surface area contributed by atoms with Gasteiger partial charge in [0.15, 0.2) is 0 Å². The molecule has 1 saturated carbocycles. The second kappa shape index (κ2) is 7.66. The van der Waals surface area contributed by atoms with Crippen molar-refractivity contribution in [2.75, 3.05) is 13.1 Å². The second-order valence-electron chi connectivity index (χ2n) is 5.56. The van der Waals surface area contributed by atoms with Gasteiger partial charge in [0, 0.05) is 18.6 Å². The summed E-state index contributed by atoms with van der Waals surface area (Å²) in [6.07, 6.45) is 5.46. The quantitative estimate of drug-likeness (QED) is 0.843. The van der Waals surface area contributed by atoms with Crippen molar-refractivity contribution in [3.8, 4) is 0 Å². The van der Waals surface area contributed by atoms with Crippen LogP contribution in [0.1, 0.15) is 45.1 Å². The molecule has 0 aliphatic heterocycles. The fourth-order valence-electron chi connectivity index (χ4n) is 3.33. The molecule has 1 aliphatic carbocycles. The molecular formula is C17H28N2. The molecule has 19 heavy (non-hydrogen) atoms. The van der Waals surface area contributed by atoms with Gasteiger partial charge >= 0.3 is 0 Å². The van der Waals surface area contributed by atoms with Crippen molar-refractivity contribution >= 4 is 0 Å². The number of hydrogen-bond donors (Lipinski definition) is 1. The van der Waals surface area contributed by atoms with Crippen LogP contribution in [-0.2, 0) is 6.54 Å². The van der Waals surface area contributed by atoms with E-state index in [0.717, 1.165) is 19.6 Å². The minimum Gasteiger partial charge on any atom is -0.313 e. The van der Waals surface area contributed by atoms with E-state index in [2.05, 4.69) is 54.4 Å². The molecule has 1 aromatic rings. The van der Waals surface area contributed by atoms with Crippen LogP contribution in [0.15, 0.2) is 30.3 Å². The number of hydrogen-bond acceptors (Lipinski definition) is 2. The normalized spacial score (nSPS) is 23.7. The lowest BCUT2D eigenvalue weighted by Crippen LogP contribution is -2.51. The van der Waals surface area contributed by atoms with Crippen LogP contribution in [0.25, 0.3) is 0 Å². The van der Waals surface area contributed by atoms with Gasteiger partial charge in [0.1, 0.15) is 0 Å². The first-order valence-corrected chi connectivity index (χ1v) is 7.86. The number of nitrogens with zero attached hydrogens (tertiary/aromatic N) is 1. The van der Waals surface area contributed by atoms with E-state index in [1.165, 1.54) is 31.2 Å². The Balaban J connectivity index is 2.02. The lowest BCUT2D eigenvalue weighted by Gasteiger charge is -2.40. The molecule has 0 amide bonds. The predicted octanol–water partition coefficient (Wildman–Crippen LogP) is 3.43. The van der Waals surface area contributed by atoms with Crippen molar-refractivity contribution in [2.45, 2.75) is 58.2 Å². The van der Waals surface area contributed by atoms with Gasteiger partial charge in [-0.15, -0.1) is 0 Å². The van der Waals surface area contributed by atoms with Crippen molar-refractivity contribution in [3.05, 3.63) is 35.9 Å². The average Bonchev–Trinajstić information content (AvgIpc) is 2.47. The first-order chi connectivity index (χ1) is 9.35. The van der Waals surface area contributed by atoms with Crippen molar-refractivity contribution < 1.29 is 0 Å². The Bertz CT molecular complexity index is 348. The maximum absolute atomic E-state index is 3.69. The molecule has 1 fully saturated rings. The standard InChI is InChI=1S/C17H28N2/c1-3-18-16-12-8-9-13-17(16)19(4-2)14-15-10-6-5-7-11-15/h5-7,10-11,16-18H,3-4,8-9,12-14H2,1-2H3. The van der Waals surface area contributed by atoms with Gasteiger partial charge in [-0.25, -0.2) is 0 Å². The third-order valence-electron chi connectivity index (χ3n) is 4.30. The maximum Gasteiger partial charge on any atom is 0.0252 e. The minimum absolute atomic E-state index is 0.683. The summed E-state index contributed by atoms with van der Waals surface area (Å²) in [5, 5.41) is 3.69. The van der Waals surface area contributed by atoms with Gasteiger partial charge in [-0.3, -0.25) is 4.90 Å². The Morgan fingerprint density at radius 3 is 2.53 bits per heavy atom. The molecule has 0 aromatic heterocycles. The highest BCUT2D eigenvalue weighted by Gasteiger charge is 2.28. The summed E-state index contributed by atoms with van der Waals surface area (Å²) in [6.45, 7) is 7.83. The third-order valence-corrected chi connectivity index (χ3v) is 4.30. The molecule has 0 radical (unpaired) electrons. The van der Waals surface area contributed by atoms with Crippen LogP contribution in [0, 0.1) is 0 Å². The summed E-state index contributed by atoms with van der Waals surface area (Å²) in [7, 11) is 0. The van der Waals surface area contributed by atoms with Gasteiger partial charge in [0.05, 0.1) is 0 Å². The van der Waals surface area contributed by atoms with E-state index < -0.39 is 0 Å². The Kier molecular flexibility index (Phi) is 5.87. The lowest BCUT2D eigenvalue weighted by molar-refractivity contribution is 0.121. The van der Waals surface area contributed by atoms with E-state index in [1.54, 1.807) is 0 Å². The Labute approximate surface area is 118 Å². The fraction of sp³-hybridized carbons (Fsp3) is 0.647. The van der Waals surface area contributed by atoms with E-state index >= 15 is 0 Å². The fourth-order valence-corrected chi connectivity index (χ4v) is 3.33. The lowest BCUT2D eigenvalue weighted by atomic mass is 9.88. The smallest absolute Gasteiger partial charge is 0.0252 e.